The lowest BCUT2D eigenvalue weighted by molar-refractivity contribution is -0.132. The first-order valence-electron chi connectivity index (χ1n) is 12.8. The summed E-state index contributed by atoms with van der Waals surface area (Å²) in [4.78, 5) is 25.1. The molecule has 41 heavy (non-hydrogen) atoms. The Morgan fingerprint density at radius 3 is 2.34 bits per heavy atom. The van der Waals surface area contributed by atoms with Crippen LogP contribution in [-0.2, 0) is 4.79 Å². The molecule has 0 spiro atoms. The van der Waals surface area contributed by atoms with E-state index < -0.39 is 5.97 Å². The van der Waals surface area contributed by atoms with Crippen molar-refractivity contribution in [2.45, 2.75) is 13.8 Å². The number of nitrogens with zero attached hydrogens (tertiary/aromatic N) is 2. The van der Waals surface area contributed by atoms with Crippen molar-refractivity contribution in [2.75, 3.05) is 12.1 Å². The minimum absolute atomic E-state index is 0.142. The number of fused-ring (bicyclic) bond motifs is 1. The monoisotopic (exact) mass is 565 g/mol. The van der Waals surface area contributed by atoms with Crippen LogP contribution in [0.3, 0.4) is 0 Å². The molecule has 5 aromatic rings. The molecule has 9 heteroatoms. The van der Waals surface area contributed by atoms with Gasteiger partial charge in [-0.3, -0.25) is 9.59 Å². The Morgan fingerprint density at radius 2 is 1.61 bits per heavy atom. The second kappa shape index (κ2) is 10.8. The zero-order chi connectivity index (χ0) is 28.5. The highest BCUT2D eigenvalue weighted by Gasteiger charge is 2.26. The number of carbonyl (C=O) groups excluding carboxylic acids is 2. The molecule has 0 fully saturated rings. The van der Waals surface area contributed by atoms with E-state index in [-0.39, 0.29) is 18.6 Å². The summed E-state index contributed by atoms with van der Waals surface area (Å²) >= 11 is 6.19. The molecule has 1 aromatic heterocycles. The van der Waals surface area contributed by atoms with Gasteiger partial charge in [-0.05, 0) is 67.1 Å². The van der Waals surface area contributed by atoms with Crippen molar-refractivity contribution in [3.8, 4) is 45.5 Å². The molecule has 204 valence electrons. The molecule has 6 rings (SSSR count). The highest BCUT2D eigenvalue weighted by molar-refractivity contribution is 6.34. The molecule has 8 nitrogen and oxygen atoms in total. The van der Waals surface area contributed by atoms with Gasteiger partial charge in [-0.1, -0.05) is 53.6 Å². The van der Waals surface area contributed by atoms with Gasteiger partial charge in [-0.25, -0.2) is 0 Å². The van der Waals surface area contributed by atoms with Crippen LogP contribution >= 0.6 is 11.6 Å². The molecule has 1 amide bonds. The van der Waals surface area contributed by atoms with E-state index in [1.807, 2.05) is 61.5 Å². The van der Waals surface area contributed by atoms with Crippen LogP contribution in [0.4, 0.5) is 5.69 Å². The first-order chi connectivity index (χ1) is 19.9. The fourth-order valence-electron chi connectivity index (χ4n) is 4.56. The lowest BCUT2D eigenvalue weighted by atomic mass is 10.0. The fourth-order valence-corrected chi connectivity index (χ4v) is 4.79. The molecule has 0 radical (unpaired) electrons. The van der Waals surface area contributed by atoms with Crippen molar-refractivity contribution in [1.82, 2.24) is 9.78 Å². The summed E-state index contributed by atoms with van der Waals surface area (Å²) in [5, 5.41) is 8.15. The average molecular weight is 566 g/mol. The number of aromatic nitrogens is 2. The minimum Gasteiger partial charge on any atom is -0.454 e. The number of hydrogen-bond donors (Lipinski definition) is 1. The first kappa shape index (κ1) is 26.2. The lowest BCUT2D eigenvalue weighted by Gasteiger charge is -2.11. The number of aryl methyl sites for hydroxylation is 1. The number of rotatable bonds is 6. The summed E-state index contributed by atoms with van der Waals surface area (Å²) in [7, 11) is 0. The van der Waals surface area contributed by atoms with Gasteiger partial charge >= 0.3 is 5.97 Å². The van der Waals surface area contributed by atoms with E-state index in [4.69, 9.17) is 30.9 Å². The topological polar surface area (TPSA) is 91.7 Å². The second-order valence-corrected chi connectivity index (χ2v) is 9.86. The molecular formula is C32H24ClN3O5. The molecule has 0 unspecified atom stereocenters. The molecule has 1 aliphatic heterocycles. The molecule has 0 saturated carbocycles. The Balaban J connectivity index is 1.46. The van der Waals surface area contributed by atoms with Crippen LogP contribution in [0.1, 0.15) is 22.8 Å². The summed E-state index contributed by atoms with van der Waals surface area (Å²) in [6.07, 6.45) is 0. The molecule has 0 bridgehead atoms. The fraction of sp³-hybridized carbons (Fsp3) is 0.0938. The number of anilines is 1. The minimum atomic E-state index is -0.486. The zero-order valence-corrected chi connectivity index (χ0v) is 22.9. The number of hydrogen-bond acceptors (Lipinski definition) is 6. The smallest absolute Gasteiger partial charge is 0.309 e. The van der Waals surface area contributed by atoms with Crippen molar-refractivity contribution in [3.05, 3.63) is 107 Å². The van der Waals surface area contributed by atoms with Gasteiger partial charge in [0.05, 0.1) is 21.8 Å². The SMILES string of the molecule is CC(=O)Oc1c(-c2ccc(NC(=O)c3ccccc3Cl)cc2)c(-c2ccc3c(c2)OCO3)nn1-c1ccc(C)cc1. The van der Waals surface area contributed by atoms with E-state index in [2.05, 4.69) is 5.32 Å². The van der Waals surface area contributed by atoms with E-state index in [0.717, 1.165) is 22.4 Å². The largest absolute Gasteiger partial charge is 0.454 e. The van der Waals surface area contributed by atoms with Crippen LogP contribution in [0.2, 0.25) is 5.02 Å². The maximum absolute atomic E-state index is 12.8. The van der Waals surface area contributed by atoms with Gasteiger partial charge in [-0.2, -0.15) is 9.78 Å². The predicted molar refractivity (Wildman–Crippen MR) is 156 cm³/mol. The number of ether oxygens (including phenoxy) is 3. The molecule has 0 atom stereocenters. The van der Waals surface area contributed by atoms with Gasteiger partial charge in [0.2, 0.25) is 12.7 Å². The summed E-state index contributed by atoms with van der Waals surface area (Å²) < 4.78 is 18.5. The highest BCUT2D eigenvalue weighted by Crippen LogP contribution is 2.44. The molecule has 1 aliphatic rings. The number of benzene rings is 4. The third-order valence-electron chi connectivity index (χ3n) is 6.56. The molecule has 2 heterocycles. The van der Waals surface area contributed by atoms with Crippen LogP contribution < -0.4 is 19.5 Å². The summed E-state index contributed by atoms with van der Waals surface area (Å²) in [6, 6.07) is 27.4. The van der Waals surface area contributed by atoms with Crippen LogP contribution in [0.25, 0.3) is 28.1 Å². The normalized spacial score (nSPS) is 11.8. The van der Waals surface area contributed by atoms with Crippen LogP contribution in [-0.4, -0.2) is 28.4 Å². The zero-order valence-electron chi connectivity index (χ0n) is 22.2. The maximum atomic E-state index is 12.8. The maximum Gasteiger partial charge on any atom is 0.309 e. The van der Waals surface area contributed by atoms with Gasteiger partial charge in [0, 0.05) is 18.2 Å². The molecule has 4 aromatic carbocycles. The second-order valence-electron chi connectivity index (χ2n) is 9.45. The van der Waals surface area contributed by atoms with Gasteiger partial charge in [0.15, 0.2) is 11.5 Å². The van der Waals surface area contributed by atoms with E-state index in [9.17, 15) is 9.59 Å². The molecular weight excluding hydrogens is 542 g/mol. The van der Waals surface area contributed by atoms with E-state index in [1.165, 1.54) is 6.92 Å². The summed E-state index contributed by atoms with van der Waals surface area (Å²) in [5.41, 5.74) is 5.41. The summed E-state index contributed by atoms with van der Waals surface area (Å²) in [5.74, 6) is 0.705. The average Bonchev–Trinajstić information content (AvgIpc) is 3.58. The van der Waals surface area contributed by atoms with Crippen molar-refractivity contribution < 1.29 is 23.8 Å². The number of carbonyl (C=O) groups is 2. The van der Waals surface area contributed by atoms with Gasteiger partial charge < -0.3 is 19.5 Å². The standard InChI is InChI=1S/C32H24ClN3O5/c1-19-7-14-24(15-8-19)36-32(41-20(2)37)29(30(35-36)22-11-16-27-28(17-22)40-18-39-27)21-9-12-23(13-10-21)34-31(38)25-5-3-4-6-26(25)33/h3-17H,18H2,1-2H3,(H,34,38). The first-order valence-corrected chi connectivity index (χ1v) is 13.2. The van der Waals surface area contributed by atoms with E-state index in [1.54, 1.807) is 41.1 Å². The molecule has 0 aliphatic carbocycles. The quantitative estimate of drug-likeness (QED) is 0.221. The van der Waals surface area contributed by atoms with Gasteiger partial charge in [-0.15, -0.1) is 0 Å². The molecule has 0 saturated heterocycles. The third kappa shape index (κ3) is 5.25. The Kier molecular flexibility index (Phi) is 6.91. The Labute approximate surface area is 241 Å². The van der Waals surface area contributed by atoms with Crippen molar-refractivity contribution in [1.29, 1.82) is 0 Å². The highest BCUT2D eigenvalue weighted by atomic mass is 35.5. The lowest BCUT2D eigenvalue weighted by Crippen LogP contribution is -2.12. The van der Waals surface area contributed by atoms with Gasteiger partial charge in [0.25, 0.3) is 5.91 Å². The Hall–Kier alpha value is -5.08. The summed E-state index contributed by atoms with van der Waals surface area (Å²) in [6.45, 7) is 3.49. The predicted octanol–water partition coefficient (Wildman–Crippen LogP) is 7.07. The van der Waals surface area contributed by atoms with Crippen molar-refractivity contribution >= 4 is 29.2 Å². The van der Waals surface area contributed by atoms with Crippen LogP contribution in [0, 0.1) is 6.92 Å². The van der Waals surface area contributed by atoms with E-state index in [0.29, 0.717) is 39.0 Å². The van der Waals surface area contributed by atoms with Gasteiger partial charge in [0.1, 0.15) is 5.69 Å². The van der Waals surface area contributed by atoms with Crippen LogP contribution in [0.15, 0.2) is 91.0 Å². The number of nitrogens with one attached hydrogen (secondary N) is 1. The Morgan fingerprint density at radius 1 is 0.902 bits per heavy atom. The van der Waals surface area contributed by atoms with Crippen molar-refractivity contribution in [2.24, 2.45) is 0 Å². The molecule has 1 N–H and O–H groups in total. The number of halogens is 1. The number of esters is 1. The van der Waals surface area contributed by atoms with Crippen LogP contribution in [0.5, 0.6) is 17.4 Å². The van der Waals surface area contributed by atoms with Crippen molar-refractivity contribution in [3.63, 3.8) is 0 Å². The van der Waals surface area contributed by atoms with E-state index >= 15 is 0 Å². The Bertz CT molecular complexity index is 1780. The third-order valence-corrected chi connectivity index (χ3v) is 6.89. The number of amides is 1.